The van der Waals surface area contributed by atoms with Gasteiger partial charge in [0.15, 0.2) is 5.78 Å². The number of aromatic nitrogens is 1. The van der Waals surface area contributed by atoms with E-state index >= 15 is 0 Å². The summed E-state index contributed by atoms with van der Waals surface area (Å²) in [6.45, 7) is 2.03. The molecule has 0 spiro atoms. The summed E-state index contributed by atoms with van der Waals surface area (Å²) in [6.07, 6.45) is 1.81. The molecule has 0 aliphatic heterocycles. The normalized spacial score (nSPS) is 11.0. The van der Waals surface area contributed by atoms with Gasteiger partial charge in [-0.1, -0.05) is 40.2 Å². The summed E-state index contributed by atoms with van der Waals surface area (Å²) in [5, 5.41) is 1.92. The number of esters is 1. The molecular formula is C22H16BrNO3. The van der Waals surface area contributed by atoms with Crippen molar-refractivity contribution >= 4 is 44.0 Å². The second kappa shape index (κ2) is 7.00. The quantitative estimate of drug-likeness (QED) is 0.333. The van der Waals surface area contributed by atoms with E-state index in [0.29, 0.717) is 22.3 Å². The molecule has 0 saturated carbocycles. The highest BCUT2D eigenvalue weighted by Gasteiger charge is 2.22. The van der Waals surface area contributed by atoms with Gasteiger partial charge in [0.05, 0.1) is 12.1 Å². The lowest BCUT2D eigenvalue weighted by Crippen LogP contribution is -2.07. The lowest BCUT2D eigenvalue weighted by molar-refractivity contribution is 0.0518. The van der Waals surface area contributed by atoms with Crippen molar-refractivity contribution in [1.82, 2.24) is 4.40 Å². The zero-order valence-electron chi connectivity index (χ0n) is 14.6. The highest BCUT2D eigenvalue weighted by atomic mass is 79.9. The van der Waals surface area contributed by atoms with E-state index in [4.69, 9.17) is 4.74 Å². The number of hydrogen-bond acceptors (Lipinski definition) is 3. The summed E-state index contributed by atoms with van der Waals surface area (Å²) in [4.78, 5) is 25.7. The first-order valence-corrected chi connectivity index (χ1v) is 9.39. The number of rotatable bonds is 4. The van der Waals surface area contributed by atoms with Crippen molar-refractivity contribution < 1.29 is 14.3 Å². The molecule has 27 heavy (non-hydrogen) atoms. The molecule has 2 aromatic carbocycles. The Morgan fingerprint density at radius 1 is 1.04 bits per heavy atom. The monoisotopic (exact) mass is 421 g/mol. The molecule has 2 aromatic heterocycles. The van der Waals surface area contributed by atoms with Gasteiger partial charge in [0.2, 0.25) is 0 Å². The zero-order chi connectivity index (χ0) is 19.0. The number of halogens is 1. The Hall–Kier alpha value is -2.92. The molecule has 0 N–H and O–H groups in total. The van der Waals surface area contributed by atoms with E-state index < -0.39 is 5.97 Å². The molecule has 0 unspecified atom stereocenters. The molecule has 4 aromatic rings. The molecule has 134 valence electrons. The van der Waals surface area contributed by atoms with E-state index in [-0.39, 0.29) is 12.4 Å². The molecule has 2 heterocycles. The van der Waals surface area contributed by atoms with Crippen molar-refractivity contribution in [1.29, 1.82) is 0 Å². The highest BCUT2D eigenvalue weighted by molar-refractivity contribution is 9.10. The van der Waals surface area contributed by atoms with Gasteiger partial charge < -0.3 is 9.14 Å². The largest absolute Gasteiger partial charge is 0.461 e. The summed E-state index contributed by atoms with van der Waals surface area (Å²) in [6, 6.07) is 18.6. The number of carbonyl (C=O) groups is 2. The maximum Gasteiger partial charge on any atom is 0.355 e. The molecule has 4 rings (SSSR count). The molecular weight excluding hydrogens is 406 g/mol. The van der Waals surface area contributed by atoms with Gasteiger partial charge in [-0.3, -0.25) is 4.79 Å². The van der Waals surface area contributed by atoms with Crippen LogP contribution in [0, 0.1) is 0 Å². The number of hydrogen-bond donors (Lipinski definition) is 0. The minimum absolute atomic E-state index is 0.132. The third kappa shape index (κ3) is 3.04. The minimum atomic E-state index is -0.447. The van der Waals surface area contributed by atoms with Gasteiger partial charge in [-0.15, -0.1) is 0 Å². The molecule has 0 fully saturated rings. The summed E-state index contributed by atoms with van der Waals surface area (Å²) in [5.74, 6) is -0.579. The van der Waals surface area contributed by atoms with Crippen molar-refractivity contribution in [3.05, 3.63) is 88.2 Å². The Morgan fingerprint density at radius 3 is 2.52 bits per heavy atom. The predicted octanol–water partition coefficient (Wildman–Crippen LogP) is 5.26. The summed E-state index contributed by atoms with van der Waals surface area (Å²) in [7, 11) is 0. The second-order valence-corrected chi connectivity index (χ2v) is 7.04. The van der Waals surface area contributed by atoms with Crippen LogP contribution in [0.3, 0.4) is 0 Å². The third-order valence-corrected chi connectivity index (χ3v) is 5.02. The topological polar surface area (TPSA) is 47.8 Å². The minimum Gasteiger partial charge on any atom is -0.461 e. The number of benzene rings is 2. The van der Waals surface area contributed by atoms with E-state index in [9.17, 15) is 9.59 Å². The molecule has 0 saturated heterocycles. The SMILES string of the molecule is CCOC(=O)c1cc(C(=O)c2ccc(Br)cc2)c2c3ccccc3ccn12. The average molecular weight is 422 g/mol. The van der Waals surface area contributed by atoms with E-state index in [1.165, 1.54) is 0 Å². The summed E-state index contributed by atoms with van der Waals surface area (Å²) < 4.78 is 7.83. The van der Waals surface area contributed by atoms with Gasteiger partial charge in [0.1, 0.15) is 5.69 Å². The van der Waals surface area contributed by atoms with Crippen LogP contribution < -0.4 is 0 Å². The smallest absolute Gasteiger partial charge is 0.355 e. The van der Waals surface area contributed by atoms with Crippen LogP contribution in [-0.2, 0) is 4.74 Å². The first kappa shape index (κ1) is 17.5. The van der Waals surface area contributed by atoms with Crippen LogP contribution >= 0.6 is 15.9 Å². The Kier molecular flexibility index (Phi) is 4.54. The van der Waals surface area contributed by atoms with Gasteiger partial charge in [0, 0.05) is 27.2 Å². The average Bonchev–Trinajstić information content (AvgIpc) is 3.08. The van der Waals surface area contributed by atoms with Crippen LogP contribution in [0.5, 0.6) is 0 Å². The molecule has 0 aliphatic rings. The number of nitrogens with zero attached hydrogens (tertiary/aromatic N) is 1. The van der Waals surface area contributed by atoms with Crippen molar-refractivity contribution in [2.75, 3.05) is 6.61 Å². The molecule has 0 bridgehead atoms. The highest BCUT2D eigenvalue weighted by Crippen LogP contribution is 2.28. The van der Waals surface area contributed by atoms with Gasteiger partial charge in [0.25, 0.3) is 0 Å². The fourth-order valence-electron chi connectivity index (χ4n) is 3.26. The Labute approximate surface area is 164 Å². The van der Waals surface area contributed by atoms with Crippen LogP contribution in [-0.4, -0.2) is 22.8 Å². The van der Waals surface area contributed by atoms with Gasteiger partial charge >= 0.3 is 5.97 Å². The fourth-order valence-corrected chi connectivity index (χ4v) is 3.52. The van der Waals surface area contributed by atoms with E-state index in [2.05, 4.69) is 15.9 Å². The van der Waals surface area contributed by atoms with Crippen LogP contribution in [0.25, 0.3) is 16.3 Å². The van der Waals surface area contributed by atoms with E-state index in [0.717, 1.165) is 15.2 Å². The van der Waals surface area contributed by atoms with E-state index in [1.54, 1.807) is 29.5 Å². The van der Waals surface area contributed by atoms with Gasteiger partial charge in [-0.2, -0.15) is 0 Å². The van der Waals surface area contributed by atoms with Crippen LogP contribution in [0.1, 0.15) is 33.3 Å². The maximum atomic E-state index is 13.2. The lowest BCUT2D eigenvalue weighted by Gasteiger charge is -2.06. The van der Waals surface area contributed by atoms with Crippen molar-refractivity contribution in [2.45, 2.75) is 6.92 Å². The predicted molar refractivity (Wildman–Crippen MR) is 108 cm³/mol. The van der Waals surface area contributed by atoms with Crippen LogP contribution in [0.15, 0.2) is 71.3 Å². The van der Waals surface area contributed by atoms with Crippen molar-refractivity contribution in [3.8, 4) is 0 Å². The summed E-state index contributed by atoms with van der Waals surface area (Å²) in [5.41, 5.74) is 2.10. The van der Waals surface area contributed by atoms with E-state index in [1.807, 2.05) is 48.7 Å². The lowest BCUT2D eigenvalue weighted by atomic mass is 10.0. The molecule has 5 heteroatoms. The first-order valence-electron chi connectivity index (χ1n) is 8.60. The number of ether oxygens (including phenoxy) is 1. The molecule has 0 atom stereocenters. The standard InChI is InChI=1S/C22H16BrNO3/c1-2-27-22(26)19-13-18(21(25)15-7-9-16(23)10-8-15)20-17-6-4-3-5-14(17)11-12-24(19)20/h3-13H,2H2,1H3. The number of carbonyl (C=O) groups excluding carboxylic acids is 2. The Morgan fingerprint density at radius 2 is 1.78 bits per heavy atom. The summed E-state index contributed by atoms with van der Waals surface area (Å²) >= 11 is 3.39. The number of pyridine rings is 1. The van der Waals surface area contributed by atoms with Crippen molar-refractivity contribution in [3.63, 3.8) is 0 Å². The molecule has 0 aliphatic carbocycles. The first-order chi connectivity index (χ1) is 13.1. The maximum absolute atomic E-state index is 13.2. The number of fused-ring (bicyclic) bond motifs is 3. The third-order valence-electron chi connectivity index (χ3n) is 4.49. The Balaban J connectivity index is 2.00. The second-order valence-electron chi connectivity index (χ2n) is 6.12. The molecule has 0 radical (unpaired) electrons. The molecule has 4 nitrogen and oxygen atoms in total. The van der Waals surface area contributed by atoms with Gasteiger partial charge in [-0.25, -0.2) is 4.79 Å². The fraction of sp³-hybridized carbons (Fsp3) is 0.0909. The van der Waals surface area contributed by atoms with Gasteiger partial charge in [-0.05, 0) is 48.7 Å². The Bertz CT molecular complexity index is 1180. The zero-order valence-corrected chi connectivity index (χ0v) is 16.2. The molecule has 0 amide bonds. The van der Waals surface area contributed by atoms with Crippen LogP contribution in [0.2, 0.25) is 0 Å². The van der Waals surface area contributed by atoms with Crippen molar-refractivity contribution in [2.24, 2.45) is 0 Å². The van der Waals surface area contributed by atoms with Crippen LogP contribution in [0.4, 0.5) is 0 Å². The number of ketones is 1.